The number of benzene rings is 1. The molecule has 122 valence electrons. The smallest absolute Gasteiger partial charge is 0.339 e. The third-order valence-electron chi connectivity index (χ3n) is 3.29. The number of cyclic esters (lactones) is 1. The normalized spacial score (nSPS) is 18.1. The summed E-state index contributed by atoms with van der Waals surface area (Å²) in [7, 11) is 0. The first kappa shape index (κ1) is 16.3. The fourth-order valence-corrected chi connectivity index (χ4v) is 2.11. The van der Waals surface area contributed by atoms with Gasteiger partial charge in [-0.1, -0.05) is 0 Å². The van der Waals surface area contributed by atoms with Crippen LogP contribution in [0.1, 0.15) is 30.1 Å². The molecule has 0 N–H and O–H groups in total. The number of nitro groups is 2. The first-order valence-corrected chi connectivity index (χ1v) is 6.62. The van der Waals surface area contributed by atoms with Crippen LogP contribution in [0.2, 0.25) is 0 Å². The van der Waals surface area contributed by atoms with Gasteiger partial charge < -0.3 is 9.47 Å². The van der Waals surface area contributed by atoms with E-state index in [-0.39, 0.29) is 12.0 Å². The molecule has 0 aliphatic carbocycles. The molecule has 1 heterocycles. The first-order valence-electron chi connectivity index (χ1n) is 6.62. The van der Waals surface area contributed by atoms with E-state index in [1.165, 1.54) is 6.92 Å². The number of nitro benzene ring substituents is 2. The minimum atomic E-state index is -0.966. The van der Waals surface area contributed by atoms with Gasteiger partial charge in [0.1, 0.15) is 12.2 Å². The summed E-state index contributed by atoms with van der Waals surface area (Å²) in [5.74, 6) is -1.36. The minimum Gasteiger partial charge on any atom is -0.458 e. The van der Waals surface area contributed by atoms with Crippen LogP contribution in [0.3, 0.4) is 0 Å². The standard InChI is InChI=1S/C13H12N2O8/c1-7(11-2-3-12(16)23-11)22-13(17)8-4-9(14(18)19)6-10(5-8)15(20)21/h4-7,11H,2-3H2,1H3. The zero-order chi connectivity index (χ0) is 17.1. The molecule has 1 aliphatic heterocycles. The summed E-state index contributed by atoms with van der Waals surface area (Å²) < 4.78 is 10.0. The molecule has 1 aromatic carbocycles. The van der Waals surface area contributed by atoms with Crippen molar-refractivity contribution in [3.05, 3.63) is 44.0 Å². The molecular formula is C13H12N2O8. The Hall–Kier alpha value is -3.04. The van der Waals surface area contributed by atoms with Crippen LogP contribution in [0, 0.1) is 20.2 Å². The minimum absolute atomic E-state index is 0.217. The summed E-state index contributed by atoms with van der Waals surface area (Å²) in [5, 5.41) is 21.6. The van der Waals surface area contributed by atoms with Gasteiger partial charge in [-0.05, 0) is 13.3 Å². The Kier molecular flexibility index (Phi) is 4.53. The van der Waals surface area contributed by atoms with Crippen molar-refractivity contribution in [3.8, 4) is 0 Å². The quantitative estimate of drug-likeness (QED) is 0.453. The number of hydrogen-bond acceptors (Lipinski definition) is 8. The SMILES string of the molecule is CC(OC(=O)c1cc([N+](=O)[O-])cc([N+](=O)[O-])c1)C1CCC(=O)O1. The average Bonchev–Trinajstić information content (AvgIpc) is 2.93. The lowest BCUT2D eigenvalue weighted by molar-refractivity contribution is -0.394. The molecule has 2 unspecified atom stereocenters. The number of rotatable bonds is 5. The van der Waals surface area contributed by atoms with Crippen LogP contribution in [-0.2, 0) is 14.3 Å². The van der Waals surface area contributed by atoms with Crippen LogP contribution in [0.25, 0.3) is 0 Å². The van der Waals surface area contributed by atoms with Crippen LogP contribution < -0.4 is 0 Å². The molecule has 1 aromatic rings. The maximum Gasteiger partial charge on any atom is 0.339 e. The van der Waals surface area contributed by atoms with Crippen molar-refractivity contribution >= 4 is 23.3 Å². The van der Waals surface area contributed by atoms with Gasteiger partial charge in [0.25, 0.3) is 11.4 Å². The third-order valence-corrected chi connectivity index (χ3v) is 3.29. The molecular weight excluding hydrogens is 312 g/mol. The highest BCUT2D eigenvalue weighted by Gasteiger charge is 2.31. The molecule has 2 atom stereocenters. The Balaban J connectivity index is 2.19. The number of nitrogens with zero attached hydrogens (tertiary/aromatic N) is 2. The average molecular weight is 324 g/mol. The summed E-state index contributed by atoms with van der Waals surface area (Å²) in [6, 6.07) is 2.53. The molecule has 0 aromatic heterocycles. The topological polar surface area (TPSA) is 139 Å². The highest BCUT2D eigenvalue weighted by molar-refractivity contribution is 5.91. The Morgan fingerprint density at radius 2 is 1.83 bits per heavy atom. The van der Waals surface area contributed by atoms with Crippen molar-refractivity contribution < 1.29 is 28.9 Å². The van der Waals surface area contributed by atoms with E-state index in [1.807, 2.05) is 0 Å². The van der Waals surface area contributed by atoms with Crippen molar-refractivity contribution in [2.45, 2.75) is 32.0 Å². The summed E-state index contributed by atoms with van der Waals surface area (Å²) >= 11 is 0. The van der Waals surface area contributed by atoms with Gasteiger partial charge in [-0.2, -0.15) is 0 Å². The third kappa shape index (κ3) is 3.78. The maximum atomic E-state index is 12.0. The fourth-order valence-electron chi connectivity index (χ4n) is 2.11. The second-order valence-electron chi connectivity index (χ2n) is 4.93. The molecule has 0 bridgehead atoms. The zero-order valence-electron chi connectivity index (χ0n) is 12.0. The van der Waals surface area contributed by atoms with E-state index < -0.39 is 45.4 Å². The number of hydrogen-bond donors (Lipinski definition) is 0. The molecule has 2 rings (SSSR count). The van der Waals surface area contributed by atoms with Crippen molar-refractivity contribution in [2.24, 2.45) is 0 Å². The zero-order valence-corrected chi connectivity index (χ0v) is 12.0. The maximum absolute atomic E-state index is 12.0. The second kappa shape index (κ2) is 6.38. The Morgan fingerprint density at radius 1 is 1.26 bits per heavy atom. The lowest BCUT2D eigenvalue weighted by atomic mass is 10.1. The Morgan fingerprint density at radius 3 is 2.26 bits per heavy atom. The number of esters is 2. The van der Waals surface area contributed by atoms with E-state index in [0.717, 1.165) is 18.2 Å². The van der Waals surface area contributed by atoms with Crippen molar-refractivity contribution in [1.82, 2.24) is 0 Å². The van der Waals surface area contributed by atoms with E-state index in [0.29, 0.717) is 6.42 Å². The lowest BCUT2D eigenvalue weighted by Crippen LogP contribution is -2.28. The van der Waals surface area contributed by atoms with E-state index in [4.69, 9.17) is 9.47 Å². The van der Waals surface area contributed by atoms with Gasteiger partial charge in [0.2, 0.25) is 0 Å². The predicted molar refractivity (Wildman–Crippen MR) is 73.7 cm³/mol. The first-order chi connectivity index (χ1) is 10.8. The van der Waals surface area contributed by atoms with Gasteiger partial charge in [-0.15, -0.1) is 0 Å². The van der Waals surface area contributed by atoms with Crippen LogP contribution in [0.15, 0.2) is 18.2 Å². The Labute approximate surface area is 129 Å². The fraction of sp³-hybridized carbons (Fsp3) is 0.385. The van der Waals surface area contributed by atoms with Crippen LogP contribution >= 0.6 is 0 Å². The molecule has 0 amide bonds. The number of non-ortho nitro benzene ring substituents is 2. The van der Waals surface area contributed by atoms with Gasteiger partial charge in [-0.25, -0.2) is 4.79 Å². The highest BCUT2D eigenvalue weighted by atomic mass is 16.6. The second-order valence-corrected chi connectivity index (χ2v) is 4.93. The number of carbonyl (C=O) groups is 2. The van der Waals surface area contributed by atoms with Crippen LogP contribution in [-0.4, -0.2) is 34.0 Å². The van der Waals surface area contributed by atoms with E-state index in [9.17, 15) is 29.8 Å². The van der Waals surface area contributed by atoms with Gasteiger partial charge >= 0.3 is 11.9 Å². The van der Waals surface area contributed by atoms with Crippen molar-refractivity contribution in [3.63, 3.8) is 0 Å². The van der Waals surface area contributed by atoms with Crippen LogP contribution in [0.4, 0.5) is 11.4 Å². The largest absolute Gasteiger partial charge is 0.458 e. The molecule has 0 spiro atoms. The molecule has 1 aliphatic rings. The lowest BCUT2D eigenvalue weighted by Gasteiger charge is -2.18. The molecule has 10 heteroatoms. The molecule has 0 radical (unpaired) electrons. The van der Waals surface area contributed by atoms with E-state index in [1.54, 1.807) is 0 Å². The molecule has 1 fully saturated rings. The number of ether oxygens (including phenoxy) is 2. The predicted octanol–water partition coefficient (Wildman–Crippen LogP) is 1.75. The van der Waals surface area contributed by atoms with Gasteiger partial charge in [0.05, 0.1) is 21.5 Å². The highest BCUT2D eigenvalue weighted by Crippen LogP contribution is 2.25. The Bertz CT molecular complexity index is 654. The monoisotopic (exact) mass is 324 g/mol. The van der Waals surface area contributed by atoms with Crippen molar-refractivity contribution in [2.75, 3.05) is 0 Å². The van der Waals surface area contributed by atoms with Gasteiger partial charge in [-0.3, -0.25) is 25.0 Å². The van der Waals surface area contributed by atoms with Crippen molar-refractivity contribution in [1.29, 1.82) is 0 Å². The van der Waals surface area contributed by atoms with E-state index in [2.05, 4.69) is 0 Å². The van der Waals surface area contributed by atoms with E-state index >= 15 is 0 Å². The summed E-state index contributed by atoms with van der Waals surface area (Å²) in [4.78, 5) is 43.0. The molecule has 0 saturated carbocycles. The molecule has 1 saturated heterocycles. The summed E-state index contributed by atoms with van der Waals surface area (Å²) in [5.41, 5.74) is -1.50. The van der Waals surface area contributed by atoms with Gasteiger partial charge in [0, 0.05) is 18.6 Å². The summed E-state index contributed by atoms with van der Waals surface area (Å²) in [6.07, 6.45) is -0.760. The summed E-state index contributed by atoms with van der Waals surface area (Å²) in [6.45, 7) is 1.51. The molecule has 23 heavy (non-hydrogen) atoms. The van der Waals surface area contributed by atoms with Crippen LogP contribution in [0.5, 0.6) is 0 Å². The van der Waals surface area contributed by atoms with Gasteiger partial charge in [0.15, 0.2) is 0 Å². The number of carbonyl (C=O) groups excluding carboxylic acids is 2. The molecule has 10 nitrogen and oxygen atoms in total.